The quantitative estimate of drug-likeness (QED) is 0.285. The average Bonchev–Trinajstić information content (AvgIpc) is 3.22. The Bertz CT molecular complexity index is 1310. The molecule has 5 aromatic rings. The first-order valence-electron chi connectivity index (χ1n) is 10.1. The minimum atomic E-state index is 0.754. The van der Waals surface area contributed by atoms with Crippen LogP contribution in [0.3, 0.4) is 0 Å². The Hall–Kier alpha value is -2.32. The van der Waals surface area contributed by atoms with Crippen molar-refractivity contribution in [1.29, 1.82) is 0 Å². The highest BCUT2D eigenvalue weighted by Gasteiger charge is 2.18. The van der Waals surface area contributed by atoms with Crippen LogP contribution in [0.2, 0.25) is 0 Å². The van der Waals surface area contributed by atoms with Crippen molar-refractivity contribution >= 4 is 53.3 Å². The largest absolute Gasteiger partial charge is 0.344 e. The van der Waals surface area contributed by atoms with Gasteiger partial charge >= 0.3 is 0 Å². The van der Waals surface area contributed by atoms with Gasteiger partial charge in [0.1, 0.15) is 0 Å². The predicted octanol–water partition coefficient (Wildman–Crippen LogP) is 7.75. The standard InChI is InChI=1S/C25H23NS/c1-26-22-12-11-17(16-7-3-2-4-8-16)13-19(22)20-14-21-18-9-5-6-10-24(18)27-25(21)15-23(20)26/h5-6,9-16H,2-4,7-8H2,1H3. The van der Waals surface area contributed by atoms with E-state index in [4.69, 9.17) is 0 Å². The fraction of sp³-hybridized carbons (Fsp3) is 0.280. The molecule has 1 nitrogen and oxygen atoms in total. The van der Waals surface area contributed by atoms with E-state index in [0.717, 1.165) is 5.92 Å². The molecule has 1 aliphatic rings. The Morgan fingerprint density at radius 2 is 1.56 bits per heavy atom. The van der Waals surface area contributed by atoms with Crippen molar-refractivity contribution in [3.05, 3.63) is 60.2 Å². The molecule has 0 bridgehead atoms. The SMILES string of the molecule is Cn1c2ccc(C3CCCCC3)cc2c2cc3c(cc21)sc1ccccc13. The highest BCUT2D eigenvalue weighted by atomic mass is 32.1. The van der Waals surface area contributed by atoms with E-state index < -0.39 is 0 Å². The molecular weight excluding hydrogens is 346 g/mol. The summed E-state index contributed by atoms with van der Waals surface area (Å²) in [7, 11) is 2.21. The lowest BCUT2D eigenvalue weighted by atomic mass is 9.84. The summed E-state index contributed by atoms with van der Waals surface area (Å²) in [6, 6.07) is 20.9. The van der Waals surface area contributed by atoms with E-state index in [1.807, 2.05) is 11.3 Å². The van der Waals surface area contributed by atoms with Crippen molar-refractivity contribution in [3.63, 3.8) is 0 Å². The predicted molar refractivity (Wildman–Crippen MR) is 119 cm³/mol. The number of rotatable bonds is 1. The van der Waals surface area contributed by atoms with E-state index in [1.54, 1.807) is 5.56 Å². The van der Waals surface area contributed by atoms with E-state index in [0.29, 0.717) is 0 Å². The lowest BCUT2D eigenvalue weighted by molar-refractivity contribution is 0.444. The van der Waals surface area contributed by atoms with Gasteiger partial charge in [-0.2, -0.15) is 0 Å². The molecule has 0 atom stereocenters. The van der Waals surface area contributed by atoms with Crippen LogP contribution in [-0.4, -0.2) is 4.57 Å². The van der Waals surface area contributed by atoms with Crippen molar-refractivity contribution in [3.8, 4) is 0 Å². The number of aromatic nitrogens is 1. The Morgan fingerprint density at radius 1 is 0.741 bits per heavy atom. The van der Waals surface area contributed by atoms with E-state index in [2.05, 4.69) is 66.2 Å². The van der Waals surface area contributed by atoms with E-state index in [1.165, 1.54) is 74.1 Å². The van der Waals surface area contributed by atoms with Gasteiger partial charge in [-0.05, 0) is 54.7 Å². The average molecular weight is 370 g/mol. The number of aryl methyl sites for hydroxylation is 1. The van der Waals surface area contributed by atoms with Crippen LogP contribution < -0.4 is 0 Å². The zero-order valence-corrected chi connectivity index (χ0v) is 16.5. The molecule has 2 heterocycles. The third-order valence-corrected chi connectivity index (χ3v) is 7.74. The minimum Gasteiger partial charge on any atom is -0.344 e. The molecule has 2 aromatic heterocycles. The van der Waals surface area contributed by atoms with Crippen molar-refractivity contribution in [2.45, 2.75) is 38.0 Å². The Labute approximate surface area is 163 Å². The van der Waals surface area contributed by atoms with Crippen LogP contribution in [0, 0.1) is 0 Å². The lowest BCUT2D eigenvalue weighted by Crippen LogP contribution is -2.04. The second-order valence-electron chi connectivity index (χ2n) is 8.13. The molecule has 6 rings (SSSR count). The maximum Gasteiger partial charge on any atom is 0.0503 e. The second-order valence-corrected chi connectivity index (χ2v) is 9.22. The summed E-state index contributed by atoms with van der Waals surface area (Å²) in [5.74, 6) is 0.754. The molecule has 3 aromatic carbocycles. The summed E-state index contributed by atoms with van der Waals surface area (Å²) in [5.41, 5.74) is 4.25. The van der Waals surface area contributed by atoms with Crippen LogP contribution in [0.15, 0.2) is 54.6 Å². The molecule has 0 amide bonds. The van der Waals surface area contributed by atoms with Crippen molar-refractivity contribution in [2.24, 2.45) is 7.05 Å². The Morgan fingerprint density at radius 3 is 2.44 bits per heavy atom. The van der Waals surface area contributed by atoms with Crippen LogP contribution in [0.4, 0.5) is 0 Å². The highest BCUT2D eigenvalue weighted by molar-refractivity contribution is 7.25. The number of benzene rings is 3. The van der Waals surface area contributed by atoms with Gasteiger partial charge in [-0.1, -0.05) is 43.5 Å². The second kappa shape index (κ2) is 5.84. The molecule has 27 heavy (non-hydrogen) atoms. The monoisotopic (exact) mass is 369 g/mol. The van der Waals surface area contributed by atoms with Crippen LogP contribution in [0.5, 0.6) is 0 Å². The number of hydrogen-bond donors (Lipinski definition) is 0. The van der Waals surface area contributed by atoms with Gasteiger partial charge in [-0.15, -0.1) is 11.3 Å². The molecule has 0 radical (unpaired) electrons. The molecule has 0 aliphatic heterocycles. The molecule has 1 aliphatic carbocycles. The molecular formula is C25H23NS. The molecule has 0 saturated heterocycles. The zero-order valence-electron chi connectivity index (χ0n) is 15.7. The number of fused-ring (bicyclic) bond motifs is 6. The summed E-state index contributed by atoms with van der Waals surface area (Å²) >= 11 is 1.91. The first kappa shape index (κ1) is 15.7. The Kier molecular flexibility index (Phi) is 3.40. The van der Waals surface area contributed by atoms with Gasteiger partial charge in [0.2, 0.25) is 0 Å². The van der Waals surface area contributed by atoms with Gasteiger partial charge in [-0.3, -0.25) is 0 Å². The minimum absolute atomic E-state index is 0.754. The van der Waals surface area contributed by atoms with Crippen LogP contribution in [0.25, 0.3) is 42.0 Å². The smallest absolute Gasteiger partial charge is 0.0503 e. The van der Waals surface area contributed by atoms with E-state index in [9.17, 15) is 0 Å². The van der Waals surface area contributed by atoms with Crippen LogP contribution in [-0.2, 0) is 7.05 Å². The fourth-order valence-corrected chi connectivity index (χ4v) is 6.26. The lowest BCUT2D eigenvalue weighted by Gasteiger charge is -2.22. The fourth-order valence-electron chi connectivity index (χ4n) is 5.14. The molecule has 2 heteroatoms. The molecule has 134 valence electrons. The van der Waals surface area contributed by atoms with Gasteiger partial charge in [0, 0.05) is 43.5 Å². The van der Waals surface area contributed by atoms with E-state index >= 15 is 0 Å². The summed E-state index contributed by atoms with van der Waals surface area (Å²) in [4.78, 5) is 0. The van der Waals surface area contributed by atoms with Gasteiger partial charge < -0.3 is 4.57 Å². The zero-order chi connectivity index (χ0) is 18.0. The van der Waals surface area contributed by atoms with Gasteiger partial charge in [0.05, 0.1) is 5.52 Å². The van der Waals surface area contributed by atoms with Crippen molar-refractivity contribution < 1.29 is 0 Å². The molecule has 1 saturated carbocycles. The van der Waals surface area contributed by atoms with Gasteiger partial charge in [0.25, 0.3) is 0 Å². The van der Waals surface area contributed by atoms with E-state index in [-0.39, 0.29) is 0 Å². The van der Waals surface area contributed by atoms with Crippen LogP contribution >= 0.6 is 11.3 Å². The van der Waals surface area contributed by atoms with Gasteiger partial charge in [-0.25, -0.2) is 0 Å². The van der Waals surface area contributed by atoms with Crippen molar-refractivity contribution in [1.82, 2.24) is 4.57 Å². The maximum atomic E-state index is 2.49. The molecule has 0 spiro atoms. The summed E-state index contributed by atoms with van der Waals surface area (Å²) in [5, 5.41) is 5.62. The topological polar surface area (TPSA) is 4.93 Å². The summed E-state index contributed by atoms with van der Waals surface area (Å²) in [6.45, 7) is 0. The third-order valence-electron chi connectivity index (χ3n) is 6.61. The van der Waals surface area contributed by atoms with Gasteiger partial charge in [0.15, 0.2) is 0 Å². The Balaban J connectivity index is 1.65. The maximum absolute atomic E-state index is 2.49. The molecule has 0 unspecified atom stereocenters. The number of hydrogen-bond acceptors (Lipinski definition) is 1. The third kappa shape index (κ3) is 2.29. The first-order valence-corrected chi connectivity index (χ1v) is 10.9. The first-order chi connectivity index (χ1) is 13.3. The number of nitrogens with zero attached hydrogens (tertiary/aromatic N) is 1. The molecule has 0 N–H and O–H groups in total. The van der Waals surface area contributed by atoms with Crippen LogP contribution in [0.1, 0.15) is 43.6 Å². The molecule has 1 fully saturated rings. The van der Waals surface area contributed by atoms with Crippen molar-refractivity contribution in [2.75, 3.05) is 0 Å². The summed E-state index contributed by atoms with van der Waals surface area (Å²) < 4.78 is 5.15. The summed E-state index contributed by atoms with van der Waals surface area (Å²) in [6.07, 6.45) is 6.90. The normalized spacial score (nSPS) is 16.2. The highest BCUT2D eigenvalue weighted by Crippen LogP contribution is 2.40. The number of thiophene rings is 1.